The van der Waals surface area contributed by atoms with Crippen LogP contribution in [0.5, 0.6) is 0 Å². The van der Waals surface area contributed by atoms with Crippen LogP contribution in [0.15, 0.2) is 30.5 Å². The second-order valence-electron chi connectivity index (χ2n) is 4.38. The first-order valence-corrected chi connectivity index (χ1v) is 5.33. The highest BCUT2D eigenvalue weighted by molar-refractivity contribution is 5.73. The topological polar surface area (TPSA) is 50.2 Å². The normalized spacial score (nSPS) is 11.9. The standard InChI is InChI=1S/C13H17NO2/c1-13(2,12(15)16)9-5-3-7-11-8-4-6-10-14-11/h3-4,6-8,10H,5,9H2,1-2H3,(H,15,16)/b7-3+. The van der Waals surface area contributed by atoms with Crippen molar-refractivity contribution in [2.24, 2.45) is 5.41 Å². The van der Waals surface area contributed by atoms with Gasteiger partial charge in [-0.05, 0) is 44.9 Å². The number of aliphatic carboxylic acids is 1. The Morgan fingerprint density at radius 1 is 1.50 bits per heavy atom. The van der Waals surface area contributed by atoms with Gasteiger partial charge in [-0.3, -0.25) is 9.78 Å². The average Bonchev–Trinajstić information content (AvgIpc) is 2.26. The molecule has 1 heterocycles. The first-order valence-electron chi connectivity index (χ1n) is 5.33. The number of carboxylic acid groups (broad SMARTS) is 1. The Morgan fingerprint density at radius 2 is 2.25 bits per heavy atom. The van der Waals surface area contributed by atoms with Crippen LogP contribution in [0.1, 0.15) is 32.4 Å². The number of hydrogen-bond donors (Lipinski definition) is 1. The minimum atomic E-state index is -0.751. The number of nitrogens with zero attached hydrogens (tertiary/aromatic N) is 1. The Balaban J connectivity index is 2.42. The van der Waals surface area contributed by atoms with Gasteiger partial charge >= 0.3 is 5.97 Å². The zero-order valence-electron chi connectivity index (χ0n) is 9.68. The van der Waals surface area contributed by atoms with Crippen LogP contribution in [0.2, 0.25) is 0 Å². The van der Waals surface area contributed by atoms with Crippen LogP contribution in [-0.4, -0.2) is 16.1 Å². The lowest BCUT2D eigenvalue weighted by Gasteiger charge is -2.17. The number of allylic oxidation sites excluding steroid dienone is 1. The fourth-order valence-corrected chi connectivity index (χ4v) is 1.23. The Morgan fingerprint density at radius 3 is 2.81 bits per heavy atom. The number of aromatic nitrogens is 1. The number of hydrogen-bond acceptors (Lipinski definition) is 2. The number of carbonyl (C=O) groups is 1. The molecule has 0 aromatic carbocycles. The summed E-state index contributed by atoms with van der Waals surface area (Å²) in [7, 11) is 0. The second kappa shape index (κ2) is 5.45. The molecule has 0 aliphatic heterocycles. The summed E-state index contributed by atoms with van der Waals surface area (Å²) in [6.45, 7) is 3.48. The fraction of sp³-hybridized carbons (Fsp3) is 0.385. The van der Waals surface area contributed by atoms with Crippen molar-refractivity contribution < 1.29 is 9.90 Å². The van der Waals surface area contributed by atoms with E-state index < -0.39 is 11.4 Å². The maximum Gasteiger partial charge on any atom is 0.309 e. The SMILES string of the molecule is CC(C)(CC/C=C/c1ccccn1)C(=O)O. The van der Waals surface area contributed by atoms with Crippen molar-refractivity contribution in [2.75, 3.05) is 0 Å². The van der Waals surface area contributed by atoms with Crippen LogP contribution in [-0.2, 0) is 4.79 Å². The van der Waals surface area contributed by atoms with Crippen molar-refractivity contribution in [1.29, 1.82) is 0 Å². The van der Waals surface area contributed by atoms with E-state index in [0.717, 1.165) is 12.1 Å². The molecule has 1 rings (SSSR count). The molecular weight excluding hydrogens is 202 g/mol. The summed E-state index contributed by atoms with van der Waals surface area (Å²) in [6.07, 6.45) is 6.99. The molecule has 0 saturated heterocycles. The third kappa shape index (κ3) is 3.85. The third-order valence-electron chi connectivity index (χ3n) is 2.49. The van der Waals surface area contributed by atoms with E-state index >= 15 is 0 Å². The summed E-state index contributed by atoms with van der Waals surface area (Å²) in [4.78, 5) is 15.0. The van der Waals surface area contributed by atoms with E-state index in [9.17, 15) is 4.79 Å². The summed E-state index contributed by atoms with van der Waals surface area (Å²) >= 11 is 0. The zero-order chi connectivity index (χ0) is 12.0. The van der Waals surface area contributed by atoms with E-state index in [4.69, 9.17) is 5.11 Å². The summed E-state index contributed by atoms with van der Waals surface area (Å²) in [6, 6.07) is 5.71. The van der Waals surface area contributed by atoms with Gasteiger partial charge < -0.3 is 5.11 Å². The van der Waals surface area contributed by atoms with Gasteiger partial charge in [0, 0.05) is 6.20 Å². The zero-order valence-corrected chi connectivity index (χ0v) is 9.68. The lowest BCUT2D eigenvalue weighted by atomic mass is 9.88. The molecule has 1 N–H and O–H groups in total. The van der Waals surface area contributed by atoms with E-state index in [-0.39, 0.29) is 0 Å². The van der Waals surface area contributed by atoms with Crippen LogP contribution in [0.4, 0.5) is 0 Å². The van der Waals surface area contributed by atoms with E-state index in [1.807, 2.05) is 30.4 Å². The van der Waals surface area contributed by atoms with Crippen molar-refractivity contribution in [3.8, 4) is 0 Å². The smallest absolute Gasteiger partial charge is 0.309 e. The Kier molecular flexibility index (Phi) is 4.23. The van der Waals surface area contributed by atoms with Crippen molar-refractivity contribution in [1.82, 2.24) is 4.98 Å². The molecule has 0 atom stereocenters. The highest BCUT2D eigenvalue weighted by Gasteiger charge is 2.25. The van der Waals surface area contributed by atoms with Crippen LogP contribution in [0.25, 0.3) is 6.08 Å². The Bertz CT molecular complexity index is 369. The molecule has 0 spiro atoms. The van der Waals surface area contributed by atoms with Gasteiger partial charge in [0.1, 0.15) is 0 Å². The number of pyridine rings is 1. The molecule has 86 valence electrons. The lowest BCUT2D eigenvalue weighted by Crippen LogP contribution is -2.22. The maximum absolute atomic E-state index is 10.8. The average molecular weight is 219 g/mol. The molecular formula is C13H17NO2. The van der Waals surface area contributed by atoms with Crippen LogP contribution < -0.4 is 0 Å². The first-order chi connectivity index (χ1) is 7.52. The van der Waals surface area contributed by atoms with Gasteiger partial charge in [0.15, 0.2) is 0 Å². The predicted molar refractivity (Wildman–Crippen MR) is 63.9 cm³/mol. The molecule has 0 aliphatic rings. The molecule has 0 saturated carbocycles. The quantitative estimate of drug-likeness (QED) is 0.828. The lowest BCUT2D eigenvalue weighted by molar-refractivity contribution is -0.147. The van der Waals surface area contributed by atoms with Gasteiger partial charge in [0.25, 0.3) is 0 Å². The van der Waals surface area contributed by atoms with Gasteiger partial charge in [0.05, 0.1) is 11.1 Å². The minimum Gasteiger partial charge on any atom is -0.481 e. The summed E-state index contributed by atoms with van der Waals surface area (Å²) in [5, 5.41) is 8.92. The van der Waals surface area contributed by atoms with Gasteiger partial charge in [-0.25, -0.2) is 0 Å². The molecule has 3 heteroatoms. The molecule has 1 aromatic heterocycles. The van der Waals surface area contributed by atoms with Crippen LogP contribution in [0, 0.1) is 5.41 Å². The molecule has 0 radical (unpaired) electrons. The summed E-state index contributed by atoms with van der Waals surface area (Å²) in [5.74, 6) is -0.751. The van der Waals surface area contributed by atoms with Crippen molar-refractivity contribution >= 4 is 12.0 Å². The molecule has 0 amide bonds. The largest absolute Gasteiger partial charge is 0.481 e. The van der Waals surface area contributed by atoms with Gasteiger partial charge in [-0.1, -0.05) is 12.1 Å². The van der Waals surface area contributed by atoms with E-state index in [1.165, 1.54) is 0 Å². The van der Waals surface area contributed by atoms with Crippen molar-refractivity contribution in [2.45, 2.75) is 26.7 Å². The second-order valence-corrected chi connectivity index (χ2v) is 4.38. The van der Waals surface area contributed by atoms with E-state index in [2.05, 4.69) is 4.98 Å². The van der Waals surface area contributed by atoms with Crippen molar-refractivity contribution in [3.05, 3.63) is 36.2 Å². The summed E-state index contributed by atoms with van der Waals surface area (Å²) < 4.78 is 0. The molecule has 0 aliphatic carbocycles. The van der Waals surface area contributed by atoms with Gasteiger partial charge in [0.2, 0.25) is 0 Å². The van der Waals surface area contributed by atoms with Gasteiger partial charge in [-0.15, -0.1) is 0 Å². The molecule has 3 nitrogen and oxygen atoms in total. The third-order valence-corrected chi connectivity index (χ3v) is 2.49. The molecule has 0 fully saturated rings. The van der Waals surface area contributed by atoms with E-state index in [1.54, 1.807) is 20.0 Å². The molecule has 16 heavy (non-hydrogen) atoms. The van der Waals surface area contributed by atoms with Crippen molar-refractivity contribution in [3.63, 3.8) is 0 Å². The molecule has 0 unspecified atom stereocenters. The van der Waals surface area contributed by atoms with Crippen LogP contribution >= 0.6 is 0 Å². The summed E-state index contributed by atoms with van der Waals surface area (Å²) in [5.41, 5.74) is 0.240. The van der Waals surface area contributed by atoms with Crippen LogP contribution in [0.3, 0.4) is 0 Å². The fourth-order valence-electron chi connectivity index (χ4n) is 1.23. The number of rotatable bonds is 5. The molecule has 1 aromatic rings. The van der Waals surface area contributed by atoms with E-state index in [0.29, 0.717) is 6.42 Å². The Labute approximate surface area is 95.8 Å². The maximum atomic E-state index is 10.8. The first kappa shape index (κ1) is 12.4. The van der Waals surface area contributed by atoms with Gasteiger partial charge in [-0.2, -0.15) is 0 Å². The monoisotopic (exact) mass is 219 g/mol. The highest BCUT2D eigenvalue weighted by atomic mass is 16.4. The highest BCUT2D eigenvalue weighted by Crippen LogP contribution is 2.22. The Hall–Kier alpha value is -1.64. The molecule has 0 bridgehead atoms. The minimum absolute atomic E-state index is 0.631. The number of carboxylic acids is 1. The predicted octanol–water partition coefficient (Wildman–Crippen LogP) is 2.99.